The van der Waals surface area contributed by atoms with Gasteiger partial charge in [0.05, 0.1) is 81.1 Å². The van der Waals surface area contributed by atoms with Gasteiger partial charge in [0.25, 0.3) is 0 Å². The zero-order valence-electron chi connectivity index (χ0n) is 49.9. The molecule has 2 aromatic heterocycles. The zero-order chi connectivity index (χ0) is 62.7. The number of aromatic hydroxyl groups is 2. The van der Waals surface area contributed by atoms with E-state index < -0.39 is 17.7 Å². The van der Waals surface area contributed by atoms with Gasteiger partial charge < -0.3 is 79.2 Å². The number of amides is 1. The Morgan fingerprint density at radius 1 is 0.576 bits per heavy atom. The van der Waals surface area contributed by atoms with Crippen molar-refractivity contribution in [3.05, 3.63) is 143 Å². The number of methoxy groups -OCH3 is 6. The number of anilines is 2. The van der Waals surface area contributed by atoms with Gasteiger partial charge in [-0.25, -0.2) is 14.8 Å². The van der Waals surface area contributed by atoms with Crippen molar-refractivity contribution in [2.75, 3.05) is 99.8 Å². The van der Waals surface area contributed by atoms with Crippen molar-refractivity contribution in [2.45, 2.75) is 58.8 Å². The highest BCUT2D eigenvalue weighted by Crippen LogP contribution is 2.28. The van der Waals surface area contributed by atoms with Crippen LogP contribution in [0.2, 0.25) is 0 Å². The number of phenols is 2. The number of hydrogen-bond acceptors (Lipinski definition) is 22. The van der Waals surface area contributed by atoms with Crippen molar-refractivity contribution in [3.8, 4) is 46.0 Å². The number of pyridine rings is 2. The van der Waals surface area contributed by atoms with Crippen LogP contribution in [-0.4, -0.2) is 151 Å². The molecule has 0 aliphatic heterocycles. The summed E-state index contributed by atoms with van der Waals surface area (Å²) in [4.78, 5) is 65.6. The van der Waals surface area contributed by atoms with E-state index in [1.165, 1.54) is 57.6 Å². The molecule has 6 aromatic rings. The molecule has 0 saturated carbocycles. The fourth-order valence-corrected chi connectivity index (χ4v) is 7.17. The highest BCUT2D eigenvalue weighted by Gasteiger charge is 2.21. The van der Waals surface area contributed by atoms with E-state index in [2.05, 4.69) is 40.7 Å². The maximum absolute atomic E-state index is 12.3. The number of aromatic nitrogens is 2. The molecule has 0 bridgehead atoms. The first-order valence-electron chi connectivity index (χ1n) is 26.5. The van der Waals surface area contributed by atoms with E-state index in [4.69, 9.17) is 43.4 Å². The lowest BCUT2D eigenvalue weighted by Gasteiger charge is -2.24. The highest BCUT2D eigenvalue weighted by molar-refractivity contribution is 5.86. The number of carbonyl (C=O) groups is 5. The molecule has 0 aliphatic carbocycles. The molecule has 0 atom stereocenters. The van der Waals surface area contributed by atoms with Crippen LogP contribution in [0.15, 0.2) is 109 Å². The number of carboxylic acid groups (broad SMARTS) is 1. The molecule has 0 unspecified atom stereocenters. The minimum atomic E-state index is -0.894. The molecule has 6 rings (SSSR count). The minimum Gasteiger partial charge on any atom is -0.508 e. The number of benzene rings is 4. The molecule has 24 nitrogen and oxygen atoms in total. The monoisotopic (exact) mass is 1180 g/mol. The SMILES string of the molecule is CNc1cccc(CCOc2ccc(CNCC(=O)O)c(OC)c2)n1.COC(=O)CNCc1ccc(O)cc1OC.COC(=O)CNCc1ccc(OCCc2cccc(N(C)C(=O)OC(C)(C)C)n2)cc1OC.COc1cc(O)ccc1C=O. The molecule has 460 valence electrons. The number of aldehydes is 1. The third-order valence-corrected chi connectivity index (χ3v) is 11.5. The fourth-order valence-electron chi connectivity index (χ4n) is 7.17. The van der Waals surface area contributed by atoms with Gasteiger partial charge in [-0.05, 0) is 75.4 Å². The lowest BCUT2D eigenvalue weighted by molar-refractivity contribution is -0.140. The summed E-state index contributed by atoms with van der Waals surface area (Å²) in [5.74, 6) is 3.67. The number of nitrogens with zero attached hydrogens (tertiary/aromatic N) is 3. The van der Waals surface area contributed by atoms with Gasteiger partial charge in [0, 0.05) is 98.9 Å². The smallest absolute Gasteiger partial charge is 0.415 e. The van der Waals surface area contributed by atoms with Gasteiger partial charge in [-0.2, -0.15) is 0 Å². The Kier molecular flexibility index (Phi) is 31.0. The van der Waals surface area contributed by atoms with E-state index in [1.54, 1.807) is 51.6 Å². The average molecular weight is 1180 g/mol. The summed E-state index contributed by atoms with van der Waals surface area (Å²) in [6.45, 7) is 7.86. The zero-order valence-corrected chi connectivity index (χ0v) is 49.9. The van der Waals surface area contributed by atoms with Gasteiger partial charge in [-0.1, -0.05) is 30.3 Å². The predicted molar refractivity (Wildman–Crippen MR) is 319 cm³/mol. The summed E-state index contributed by atoms with van der Waals surface area (Å²) < 4.78 is 46.8. The van der Waals surface area contributed by atoms with Gasteiger partial charge in [-0.15, -0.1) is 0 Å². The summed E-state index contributed by atoms with van der Waals surface area (Å²) >= 11 is 0. The molecule has 0 aliphatic rings. The van der Waals surface area contributed by atoms with E-state index in [1.807, 2.05) is 82.4 Å². The third-order valence-electron chi connectivity index (χ3n) is 11.5. The Morgan fingerprint density at radius 2 is 1.02 bits per heavy atom. The highest BCUT2D eigenvalue weighted by atomic mass is 16.6. The summed E-state index contributed by atoms with van der Waals surface area (Å²) in [6.07, 6.45) is 1.47. The number of aliphatic carboxylic acids is 1. The first kappa shape index (κ1) is 69.9. The second-order valence-electron chi connectivity index (χ2n) is 18.8. The van der Waals surface area contributed by atoms with Crippen LogP contribution in [0.3, 0.4) is 0 Å². The molecule has 0 saturated heterocycles. The molecular formula is C61H79N7O17. The number of carboxylic acids is 1. The Labute approximate surface area is 495 Å². The third kappa shape index (κ3) is 26.6. The van der Waals surface area contributed by atoms with Crippen LogP contribution in [0.25, 0.3) is 0 Å². The van der Waals surface area contributed by atoms with Gasteiger partial charge >= 0.3 is 24.0 Å². The maximum Gasteiger partial charge on any atom is 0.415 e. The van der Waals surface area contributed by atoms with Gasteiger partial charge in [-0.3, -0.25) is 24.1 Å². The summed E-state index contributed by atoms with van der Waals surface area (Å²) in [5.41, 5.74) is 4.24. The normalized spacial score (nSPS) is 10.3. The molecular weight excluding hydrogens is 1100 g/mol. The average Bonchev–Trinajstić information content (AvgIpc) is 3.71. The Bertz CT molecular complexity index is 3050. The lowest BCUT2D eigenvalue weighted by atomic mass is 10.2. The molecule has 4 aromatic carbocycles. The molecule has 0 spiro atoms. The van der Waals surface area contributed by atoms with Crippen LogP contribution >= 0.6 is 0 Å². The number of carbonyl (C=O) groups excluding carboxylic acids is 4. The largest absolute Gasteiger partial charge is 0.508 e. The van der Waals surface area contributed by atoms with Gasteiger partial charge in [0.15, 0.2) is 6.29 Å². The number of phenolic OH excluding ortho intramolecular Hbond substituents is 2. The Morgan fingerprint density at radius 3 is 1.48 bits per heavy atom. The molecule has 0 radical (unpaired) electrons. The topological polar surface area (TPSA) is 306 Å². The molecule has 1 amide bonds. The van der Waals surface area contributed by atoms with Crippen LogP contribution in [0.1, 0.15) is 59.2 Å². The quantitative estimate of drug-likeness (QED) is 0.0153. The van der Waals surface area contributed by atoms with Crippen molar-refractivity contribution < 1.29 is 81.9 Å². The van der Waals surface area contributed by atoms with Crippen LogP contribution in [0.4, 0.5) is 16.4 Å². The van der Waals surface area contributed by atoms with Crippen LogP contribution in [0.5, 0.6) is 46.0 Å². The standard InChI is InChI=1S/C24H33N3O6.C18H23N3O4.C11H15NO4.C8H8O3/c1-24(2,3)33-23(29)27(4)21-9-7-8-18(26-21)12-13-32-19-11-10-17(20(14-19)30-5)15-25-16-22(28)31-6;1-19-17-5-3-4-14(21-17)8-9-25-15-7-6-13(16(10-15)24-2)11-20-12-18(22)23;1-15-10-5-9(13)4-3-8(10)6-12-7-11(14)16-2;1-11-8-4-7(10)3-2-6(8)5-9/h7-11,14,25H,12-13,15-16H2,1-6H3;3-7,10,20H,8-9,11-12H2,1-2H3,(H,19,21)(H,22,23);3-5,12-13H,6-7H2,1-2H3;2-5,10H,1H3. The first-order chi connectivity index (χ1) is 40.7. The van der Waals surface area contributed by atoms with Crippen LogP contribution < -0.4 is 54.6 Å². The second kappa shape index (κ2) is 37.7. The summed E-state index contributed by atoms with van der Waals surface area (Å²) in [7, 11) is 12.3. The first-order valence-corrected chi connectivity index (χ1v) is 26.5. The second-order valence-corrected chi connectivity index (χ2v) is 18.8. The molecule has 2 heterocycles. The number of hydrogen-bond donors (Lipinski definition) is 7. The van der Waals surface area contributed by atoms with Crippen molar-refractivity contribution in [3.63, 3.8) is 0 Å². The lowest BCUT2D eigenvalue weighted by Crippen LogP contribution is -2.34. The van der Waals surface area contributed by atoms with E-state index >= 15 is 0 Å². The molecule has 7 N–H and O–H groups in total. The molecule has 0 fully saturated rings. The van der Waals surface area contributed by atoms with E-state index in [9.17, 15) is 29.1 Å². The van der Waals surface area contributed by atoms with E-state index in [-0.39, 0.29) is 43.1 Å². The van der Waals surface area contributed by atoms with E-state index in [0.717, 1.165) is 33.9 Å². The van der Waals surface area contributed by atoms with Crippen molar-refractivity contribution in [1.82, 2.24) is 25.9 Å². The van der Waals surface area contributed by atoms with Crippen LogP contribution in [0, 0.1) is 0 Å². The Balaban J connectivity index is 0.000000319. The summed E-state index contributed by atoms with van der Waals surface area (Å²) in [6, 6.07) is 31.5. The minimum absolute atomic E-state index is 0.0902. The van der Waals surface area contributed by atoms with Gasteiger partial charge in [0.1, 0.15) is 63.2 Å². The summed E-state index contributed by atoms with van der Waals surface area (Å²) in [5, 5.41) is 38.6. The Hall–Kier alpha value is -9.39. The van der Waals surface area contributed by atoms with E-state index in [0.29, 0.717) is 97.9 Å². The number of rotatable bonds is 27. The number of nitrogens with one attached hydrogen (secondary N) is 4. The fraction of sp³-hybridized carbons (Fsp3) is 0.361. The van der Waals surface area contributed by atoms with Gasteiger partial charge in [0.2, 0.25) is 0 Å². The molecule has 24 heteroatoms. The molecule has 85 heavy (non-hydrogen) atoms. The number of ether oxygens (including phenoxy) is 9. The number of esters is 2. The maximum atomic E-state index is 12.3. The predicted octanol–water partition coefficient (Wildman–Crippen LogP) is 7.15. The van der Waals surface area contributed by atoms with Crippen molar-refractivity contribution in [2.24, 2.45) is 0 Å². The van der Waals surface area contributed by atoms with Crippen molar-refractivity contribution in [1.29, 1.82) is 0 Å². The van der Waals surface area contributed by atoms with Crippen LogP contribution in [-0.2, 0) is 61.1 Å². The van der Waals surface area contributed by atoms with Crippen molar-refractivity contribution >= 4 is 41.9 Å².